The normalized spacial score (nSPS) is 16.2. The minimum Gasteiger partial charge on any atom is -0.462 e. The summed E-state index contributed by atoms with van der Waals surface area (Å²) in [5.41, 5.74) is 2.22. The van der Waals surface area contributed by atoms with Crippen LogP contribution in [0, 0.1) is 11.3 Å². The van der Waals surface area contributed by atoms with Crippen LogP contribution >= 0.6 is 27.7 Å². The maximum Gasteiger partial charge on any atom is 0.338 e. The fourth-order valence-electron chi connectivity index (χ4n) is 3.73. The number of halogens is 1. The number of esters is 1. The molecule has 0 radical (unpaired) electrons. The number of nitrogens with zero attached hydrogens (tertiary/aromatic N) is 2. The zero-order valence-corrected chi connectivity index (χ0v) is 22.2. The van der Waals surface area contributed by atoms with E-state index < -0.39 is 17.1 Å². The molecule has 3 aromatic rings. The fourth-order valence-corrected chi connectivity index (χ4v) is 5.30. The second-order valence-electron chi connectivity index (χ2n) is 7.99. The largest absolute Gasteiger partial charge is 0.462 e. The van der Waals surface area contributed by atoms with Crippen molar-refractivity contribution >= 4 is 56.9 Å². The summed E-state index contributed by atoms with van der Waals surface area (Å²) >= 11 is 4.54. The van der Waals surface area contributed by atoms with Crippen LogP contribution in [0.2, 0.25) is 0 Å². The van der Waals surface area contributed by atoms with Gasteiger partial charge in [-0.15, -0.1) is 0 Å². The molecule has 0 saturated carbocycles. The maximum absolute atomic E-state index is 13.6. The van der Waals surface area contributed by atoms with Gasteiger partial charge in [-0.2, -0.15) is 5.26 Å². The summed E-state index contributed by atoms with van der Waals surface area (Å²) in [4.78, 5) is 40.1. The highest BCUT2D eigenvalue weighted by molar-refractivity contribution is 9.10. The summed E-state index contributed by atoms with van der Waals surface area (Å²) < 4.78 is 5.88. The number of amides is 2. The minimum atomic E-state index is -0.597. The molecule has 3 aromatic carbocycles. The van der Waals surface area contributed by atoms with Gasteiger partial charge in [0.25, 0.3) is 5.91 Å². The van der Waals surface area contributed by atoms with Crippen molar-refractivity contribution in [2.75, 3.05) is 16.8 Å². The van der Waals surface area contributed by atoms with Crippen molar-refractivity contribution in [2.24, 2.45) is 0 Å². The lowest BCUT2D eigenvalue weighted by molar-refractivity contribution is -0.117. The van der Waals surface area contributed by atoms with Crippen molar-refractivity contribution in [3.8, 4) is 6.07 Å². The summed E-state index contributed by atoms with van der Waals surface area (Å²) in [5, 5.41) is 12.4. The fraction of sp³-hybridized carbons (Fsp3) is 0.143. The molecule has 4 rings (SSSR count). The first kappa shape index (κ1) is 26.2. The lowest BCUT2D eigenvalue weighted by atomic mass is 10.1. The summed E-state index contributed by atoms with van der Waals surface area (Å²) in [5.74, 6) is -1.23. The maximum atomic E-state index is 13.6. The van der Waals surface area contributed by atoms with E-state index in [4.69, 9.17) is 4.74 Å². The standard InChI is InChI=1S/C28H22BrN3O4S/c1-2-36-28(35)19-10-8-18(9-11-19)16-24-26(34)32(22-6-4-3-5-7-22)27(37-24)23(17-30)25(33)31-21-14-12-20(29)13-15-21/h3-15,24H,2,16H2,1H3,(H,31,33). The third-order valence-electron chi connectivity index (χ3n) is 5.51. The molecule has 1 aliphatic heterocycles. The number of benzene rings is 3. The molecule has 186 valence electrons. The molecule has 0 bridgehead atoms. The Balaban J connectivity index is 1.64. The van der Waals surface area contributed by atoms with Crippen LogP contribution in [0.4, 0.5) is 11.4 Å². The number of carbonyl (C=O) groups is 3. The quantitative estimate of drug-likeness (QED) is 0.221. The molecule has 1 fully saturated rings. The molecule has 1 atom stereocenters. The van der Waals surface area contributed by atoms with Crippen LogP contribution in [0.1, 0.15) is 22.8 Å². The van der Waals surface area contributed by atoms with Gasteiger partial charge in [0.05, 0.1) is 17.4 Å². The van der Waals surface area contributed by atoms with Crippen LogP contribution < -0.4 is 10.2 Å². The number of rotatable bonds is 7. The number of nitrogens with one attached hydrogen (secondary N) is 1. The first-order valence-electron chi connectivity index (χ1n) is 11.4. The lowest BCUT2D eigenvalue weighted by Crippen LogP contribution is -2.30. The monoisotopic (exact) mass is 575 g/mol. The Kier molecular flexibility index (Phi) is 8.43. The molecule has 1 unspecified atom stereocenters. The minimum absolute atomic E-state index is 0.148. The van der Waals surface area contributed by atoms with Gasteiger partial charge >= 0.3 is 5.97 Å². The Hall–Kier alpha value is -3.87. The third-order valence-corrected chi connectivity index (χ3v) is 7.30. The molecule has 1 saturated heterocycles. The first-order valence-corrected chi connectivity index (χ1v) is 13.1. The number of thioether (sulfide) groups is 1. The molecule has 0 aromatic heterocycles. The van der Waals surface area contributed by atoms with E-state index in [0.717, 1.165) is 10.0 Å². The Morgan fingerprint density at radius 1 is 1.05 bits per heavy atom. The van der Waals surface area contributed by atoms with Crippen LogP contribution in [-0.4, -0.2) is 29.6 Å². The van der Waals surface area contributed by atoms with E-state index >= 15 is 0 Å². The Labute approximate surface area is 227 Å². The van der Waals surface area contributed by atoms with Crippen LogP contribution in [0.15, 0.2) is 93.9 Å². The van der Waals surface area contributed by atoms with Crippen LogP contribution in [0.3, 0.4) is 0 Å². The molecule has 0 spiro atoms. The smallest absolute Gasteiger partial charge is 0.338 e. The van der Waals surface area contributed by atoms with E-state index in [9.17, 15) is 19.6 Å². The van der Waals surface area contributed by atoms with Crippen LogP contribution in [-0.2, 0) is 20.7 Å². The molecule has 1 aliphatic rings. The molecule has 1 N–H and O–H groups in total. The van der Waals surface area contributed by atoms with Gasteiger partial charge in [-0.05, 0) is 67.4 Å². The van der Waals surface area contributed by atoms with Gasteiger partial charge in [0.1, 0.15) is 16.7 Å². The van der Waals surface area contributed by atoms with Crippen LogP contribution in [0.25, 0.3) is 0 Å². The second-order valence-corrected chi connectivity index (χ2v) is 10.1. The number of hydrogen-bond donors (Lipinski definition) is 1. The predicted octanol–water partition coefficient (Wildman–Crippen LogP) is 5.69. The van der Waals surface area contributed by atoms with E-state index in [-0.39, 0.29) is 23.1 Å². The number of carbonyl (C=O) groups excluding carboxylic acids is 3. The van der Waals surface area contributed by atoms with Crippen molar-refractivity contribution in [1.29, 1.82) is 5.26 Å². The topological polar surface area (TPSA) is 99.5 Å². The van der Waals surface area contributed by atoms with Gasteiger partial charge in [-0.25, -0.2) is 4.79 Å². The van der Waals surface area contributed by atoms with E-state index in [2.05, 4.69) is 21.2 Å². The molecule has 0 aliphatic carbocycles. The summed E-state index contributed by atoms with van der Waals surface area (Å²) in [6.45, 7) is 2.03. The molecule has 2 amide bonds. The summed E-state index contributed by atoms with van der Waals surface area (Å²) in [7, 11) is 0. The van der Waals surface area contributed by atoms with Gasteiger partial charge in [-0.3, -0.25) is 14.5 Å². The Morgan fingerprint density at radius 2 is 1.73 bits per heavy atom. The number of hydrogen-bond acceptors (Lipinski definition) is 6. The van der Waals surface area contributed by atoms with E-state index in [0.29, 0.717) is 23.4 Å². The second kappa shape index (κ2) is 11.9. The SMILES string of the molecule is CCOC(=O)c1ccc(CC2SC(=C(C#N)C(=O)Nc3ccc(Br)cc3)N(c3ccccc3)C2=O)cc1. The van der Waals surface area contributed by atoms with Gasteiger partial charge in [0.2, 0.25) is 5.91 Å². The van der Waals surface area contributed by atoms with Crippen molar-refractivity contribution in [1.82, 2.24) is 0 Å². The Bertz CT molecular complexity index is 1380. The highest BCUT2D eigenvalue weighted by Gasteiger charge is 2.40. The van der Waals surface area contributed by atoms with E-state index in [1.165, 1.54) is 16.7 Å². The van der Waals surface area contributed by atoms with E-state index in [1.807, 2.05) is 12.1 Å². The molecule has 1 heterocycles. The van der Waals surface area contributed by atoms with Gasteiger partial charge in [0, 0.05) is 15.8 Å². The van der Waals surface area contributed by atoms with Gasteiger partial charge in [0.15, 0.2) is 0 Å². The van der Waals surface area contributed by atoms with Crippen molar-refractivity contribution in [2.45, 2.75) is 18.6 Å². The van der Waals surface area contributed by atoms with Gasteiger partial charge < -0.3 is 10.1 Å². The van der Waals surface area contributed by atoms with Crippen LogP contribution in [0.5, 0.6) is 0 Å². The van der Waals surface area contributed by atoms with E-state index in [1.54, 1.807) is 79.7 Å². The third kappa shape index (κ3) is 6.10. The molecule has 9 heteroatoms. The molecular weight excluding hydrogens is 554 g/mol. The highest BCUT2D eigenvalue weighted by atomic mass is 79.9. The number of para-hydroxylation sites is 1. The molecule has 7 nitrogen and oxygen atoms in total. The van der Waals surface area contributed by atoms with Crippen molar-refractivity contribution in [3.63, 3.8) is 0 Å². The van der Waals surface area contributed by atoms with Crippen molar-refractivity contribution < 1.29 is 19.1 Å². The highest BCUT2D eigenvalue weighted by Crippen LogP contribution is 2.42. The average molecular weight is 576 g/mol. The molecular formula is C28H22BrN3O4S. The first-order chi connectivity index (χ1) is 17.9. The number of nitriles is 1. The predicted molar refractivity (Wildman–Crippen MR) is 147 cm³/mol. The summed E-state index contributed by atoms with van der Waals surface area (Å²) in [6.07, 6.45) is 0.354. The Morgan fingerprint density at radius 3 is 2.35 bits per heavy atom. The zero-order chi connectivity index (χ0) is 26.4. The zero-order valence-electron chi connectivity index (χ0n) is 19.8. The summed E-state index contributed by atoms with van der Waals surface area (Å²) in [6, 6.07) is 24.8. The lowest BCUT2D eigenvalue weighted by Gasteiger charge is -2.18. The average Bonchev–Trinajstić information content (AvgIpc) is 3.22. The number of ether oxygens (including phenoxy) is 1. The number of anilines is 2. The van der Waals surface area contributed by atoms with Gasteiger partial charge in [-0.1, -0.05) is 58.0 Å². The van der Waals surface area contributed by atoms with Crippen molar-refractivity contribution in [3.05, 3.63) is 105 Å². The molecule has 37 heavy (non-hydrogen) atoms.